The van der Waals surface area contributed by atoms with Gasteiger partial charge in [0.05, 0.1) is 60.1 Å². The van der Waals surface area contributed by atoms with E-state index in [1.165, 1.54) is 89.8 Å². The van der Waals surface area contributed by atoms with Crippen LogP contribution >= 0.6 is 0 Å². The van der Waals surface area contributed by atoms with Crippen molar-refractivity contribution in [1.82, 2.24) is 127 Å². The first-order valence-electron chi connectivity index (χ1n) is 42.5. The molecular weight excluding hydrogens is 1560 g/mol. The highest BCUT2D eigenvalue weighted by molar-refractivity contribution is 5.99. The molecule has 0 saturated heterocycles. The number of benzene rings is 2. The van der Waals surface area contributed by atoms with Gasteiger partial charge in [0.15, 0.2) is 30.2 Å². The first-order chi connectivity index (χ1) is 58.7. The third-order valence-corrected chi connectivity index (χ3v) is 18.2. The lowest BCUT2D eigenvalue weighted by Crippen LogP contribution is -2.07. The van der Waals surface area contributed by atoms with Crippen molar-refractivity contribution in [2.75, 3.05) is 18.4 Å². The minimum absolute atomic E-state index is 0.345. The Kier molecular flexibility index (Phi) is 48.1. The van der Waals surface area contributed by atoms with Gasteiger partial charge in [0.25, 0.3) is 0 Å². The van der Waals surface area contributed by atoms with Crippen molar-refractivity contribution in [2.24, 2.45) is 32.0 Å². The first-order valence-corrected chi connectivity index (χ1v) is 42.5. The van der Waals surface area contributed by atoms with E-state index in [1.807, 2.05) is 73.9 Å². The maximum Gasteiger partial charge on any atom is 0.228 e. The molecule has 0 aliphatic carbocycles. The molecular formula is C88H138N30O5. The second kappa shape index (κ2) is 57.3. The van der Waals surface area contributed by atoms with E-state index in [9.17, 15) is 0 Å². The van der Waals surface area contributed by atoms with Crippen LogP contribution in [0.15, 0.2) is 154 Å². The van der Waals surface area contributed by atoms with E-state index in [-0.39, 0.29) is 0 Å². The summed E-state index contributed by atoms with van der Waals surface area (Å²) in [5.74, 6) is 11.8. The molecule has 13 aromatic rings. The number of aryl methyl sites for hydroxylation is 1. The summed E-state index contributed by atoms with van der Waals surface area (Å²) in [6.45, 7) is 61.9. The number of anilines is 1. The molecule has 4 aliphatic heterocycles. The van der Waals surface area contributed by atoms with Gasteiger partial charge in [0.2, 0.25) is 12.3 Å². The Morgan fingerprint density at radius 3 is 1.53 bits per heavy atom. The van der Waals surface area contributed by atoms with Gasteiger partial charge in [-0.2, -0.15) is 56.2 Å². The van der Waals surface area contributed by atoms with Gasteiger partial charge < -0.3 is 32.8 Å². The fourth-order valence-electron chi connectivity index (χ4n) is 10.2. The highest BCUT2D eigenvalue weighted by atomic mass is 16.5. The quantitative estimate of drug-likeness (QED) is 0.0589. The summed E-state index contributed by atoms with van der Waals surface area (Å²) in [6, 6.07) is 15.0. The second-order valence-corrected chi connectivity index (χ2v) is 33.1. The van der Waals surface area contributed by atoms with E-state index in [0.29, 0.717) is 88.7 Å². The van der Waals surface area contributed by atoms with Gasteiger partial charge in [-0.1, -0.05) is 243 Å². The zero-order valence-electron chi connectivity index (χ0n) is 77.9. The van der Waals surface area contributed by atoms with Crippen LogP contribution in [0.5, 0.6) is 0 Å². The highest BCUT2D eigenvalue weighted by Gasteiger charge is 2.18. The normalized spacial score (nSPS) is 12.3. The SMILES string of the molecule is CC(C)C1=NC=NC1.CC(C)C1=NN=CC1.CC(C)c1ccc2c(c1)CCN2.CC(C)c1ccc2nc[nH]c2c1.CC(C)c1ccno1.CC(C)c1cn[nH]n1.CC(C)c1cnn2c1CCC2.CC(C)c1cnoc1.CC(C)c1cocn1.CC(C)c1ncn[nH]1.CC(C)c1ncno1.CC(C)c1ncon1.CC(C)c1nn[nH]n1.CC(C)c1nn[nH]n1. The van der Waals surface area contributed by atoms with Crippen LogP contribution < -0.4 is 5.32 Å². The summed E-state index contributed by atoms with van der Waals surface area (Å²) < 4.78 is 25.6. The maximum atomic E-state index is 4.84. The van der Waals surface area contributed by atoms with Crippen molar-refractivity contribution in [2.45, 2.75) is 297 Å². The third-order valence-electron chi connectivity index (χ3n) is 18.2. The van der Waals surface area contributed by atoms with Crippen molar-refractivity contribution in [3.8, 4) is 0 Å². The van der Waals surface area contributed by atoms with Gasteiger partial charge in [-0.15, -0.1) is 20.4 Å². The van der Waals surface area contributed by atoms with Crippen LogP contribution in [0.1, 0.15) is 358 Å². The average molecular weight is 1700 g/mol. The van der Waals surface area contributed by atoms with E-state index in [0.717, 1.165) is 83.1 Å². The maximum absolute atomic E-state index is 4.84. The predicted octanol–water partition coefficient (Wildman–Crippen LogP) is 20.3. The lowest BCUT2D eigenvalue weighted by atomic mass is 10.00. The smallest absolute Gasteiger partial charge is 0.228 e. The Labute approximate surface area is 725 Å². The van der Waals surface area contributed by atoms with Crippen LogP contribution in [0.4, 0.5) is 5.69 Å². The number of aromatic amines is 5. The molecule has 0 spiro atoms. The molecule has 11 aromatic heterocycles. The Morgan fingerprint density at radius 2 is 1.15 bits per heavy atom. The summed E-state index contributed by atoms with van der Waals surface area (Å²) in [4.78, 5) is 30.9. The summed E-state index contributed by atoms with van der Waals surface area (Å²) in [5.41, 5.74) is 16.3. The van der Waals surface area contributed by atoms with Crippen molar-refractivity contribution in [3.63, 3.8) is 0 Å². The number of fused-ring (bicyclic) bond motifs is 3. The standard InChI is InChI=1S/C11H15N.C10H12N2.C9H14N2.2C6H10N2.3C6H9NO.2C5H9N3.2C5H8N2O.2C4H8N4/c1-8(2)9-3-4-11-10(7-9)5-6-12-11;1-7(2)8-3-4-9-10(5-8)12-6-11-9;1-7(2)8-6-10-11-5-3-4-9(8)11;1-5(2)6-3-7-4-8-6;1-5(2)6-3-4-7-8-6;1-5(2)6-3-8-4-7-6;1-5(2)6-3-7-8-4-6;1-5(2)6-3-4-7-8-6;1-4(2)5-6-3-7-8-5;1-4(2)5-3-6-8-7-5;1-4(2)5-6-3-8-7-5;1-4(2)5-6-3-7-8-5;2*1-3(2)4-5-7-8-6-4/h3-4,7-8,12H,5-6H2,1-2H3;3-7H,1-2H3,(H,11,12);6-7H,3-5H2,1-2H3;2*4-5H,3H2,1-2H3;3*3-5H,1-2H3;2*3-4H,1-2H3,(H,6,7,8);2*3-4H,1-2H3;2*3H,1-2H3,(H,5,6,7,8). The van der Waals surface area contributed by atoms with Crippen LogP contribution in [-0.4, -0.2) is 164 Å². The number of tetrazole rings is 2. The molecule has 0 fully saturated rings. The van der Waals surface area contributed by atoms with Gasteiger partial charge in [-0.25, -0.2) is 19.9 Å². The molecule has 0 bridgehead atoms. The minimum Gasteiger partial charge on any atom is -0.451 e. The summed E-state index contributed by atoms with van der Waals surface area (Å²) in [6.07, 6.45) is 26.1. The van der Waals surface area contributed by atoms with Gasteiger partial charge in [-0.3, -0.25) is 14.8 Å². The number of aliphatic imine (C=N–C) groups is 2. The monoisotopic (exact) mass is 1700 g/mol. The molecule has 0 radical (unpaired) electrons. The van der Waals surface area contributed by atoms with Crippen molar-refractivity contribution >= 4 is 40.7 Å². The Hall–Kier alpha value is -12.1. The van der Waals surface area contributed by atoms with Gasteiger partial charge in [0.1, 0.15) is 36.8 Å². The van der Waals surface area contributed by atoms with Crippen molar-refractivity contribution in [1.29, 1.82) is 0 Å². The molecule has 35 heteroatoms. The van der Waals surface area contributed by atoms with Crippen LogP contribution in [0.2, 0.25) is 0 Å². The Balaban J connectivity index is 0.000000279. The van der Waals surface area contributed by atoms with Crippen molar-refractivity contribution in [3.05, 3.63) is 191 Å². The molecule has 17 rings (SSSR count). The number of H-pyrrole nitrogens is 5. The third kappa shape index (κ3) is 40.4. The lowest BCUT2D eigenvalue weighted by molar-refractivity contribution is 0.364. The van der Waals surface area contributed by atoms with Gasteiger partial charge in [0, 0.05) is 95.7 Å². The number of oxazole rings is 1. The van der Waals surface area contributed by atoms with Crippen LogP contribution in [0.25, 0.3) is 11.0 Å². The molecule has 0 saturated carbocycles. The van der Waals surface area contributed by atoms with E-state index >= 15 is 0 Å². The van der Waals surface area contributed by atoms with E-state index < -0.39 is 0 Å². The van der Waals surface area contributed by atoms with E-state index in [2.05, 4.69) is 337 Å². The molecule has 670 valence electrons. The molecule has 2 aromatic carbocycles. The fourth-order valence-corrected chi connectivity index (χ4v) is 10.2. The average Bonchev–Trinajstić information content (AvgIpc) is 1.68. The molecule has 6 N–H and O–H groups in total. The summed E-state index contributed by atoms with van der Waals surface area (Å²) in [5, 5.41) is 72.8. The Morgan fingerprint density at radius 1 is 0.488 bits per heavy atom. The zero-order valence-corrected chi connectivity index (χ0v) is 77.9. The molecule has 0 amide bonds. The number of hydrogen-bond donors (Lipinski definition) is 6. The van der Waals surface area contributed by atoms with Crippen molar-refractivity contribution < 1.29 is 22.5 Å². The molecule has 15 heterocycles. The minimum atomic E-state index is 0.345. The van der Waals surface area contributed by atoms with E-state index in [1.54, 1.807) is 43.8 Å². The van der Waals surface area contributed by atoms with Crippen LogP contribution in [0.3, 0.4) is 0 Å². The largest absolute Gasteiger partial charge is 0.451 e. The molecule has 123 heavy (non-hydrogen) atoms. The highest BCUT2D eigenvalue weighted by Crippen LogP contribution is 2.27. The number of hydrogen-bond acceptors (Lipinski definition) is 29. The number of rotatable bonds is 14. The summed E-state index contributed by atoms with van der Waals surface area (Å²) >= 11 is 0. The summed E-state index contributed by atoms with van der Waals surface area (Å²) in [7, 11) is 0. The number of nitrogens with zero attached hydrogens (tertiary/aromatic N) is 24. The lowest BCUT2D eigenvalue weighted by Gasteiger charge is -2.07. The fraction of sp³-hybridized carbons (Fsp3) is 0.557. The first kappa shape index (κ1) is 103. The molecule has 0 unspecified atom stereocenters. The Bertz CT molecular complexity index is 4220. The van der Waals surface area contributed by atoms with E-state index in [4.69, 9.17) is 13.5 Å². The van der Waals surface area contributed by atoms with Gasteiger partial charge >= 0.3 is 0 Å². The molecule has 0 atom stereocenters. The zero-order chi connectivity index (χ0) is 90.8. The number of imidazole rings is 1. The second-order valence-electron chi connectivity index (χ2n) is 33.1. The predicted molar refractivity (Wildman–Crippen MR) is 485 cm³/mol. The topological polar surface area (TPSA) is 456 Å². The molecule has 4 aliphatic rings. The van der Waals surface area contributed by atoms with Crippen LogP contribution in [-0.2, 0) is 19.4 Å². The van der Waals surface area contributed by atoms with Gasteiger partial charge in [-0.05, 0) is 107 Å². The molecule has 35 nitrogen and oxygen atoms in total. The number of nitrogens with one attached hydrogen (secondary N) is 6. The number of aromatic nitrogens is 25. The van der Waals surface area contributed by atoms with Crippen LogP contribution in [0, 0.1) is 11.8 Å².